The maximum atomic E-state index is 6.44. The Hall–Kier alpha value is -1.02. The first-order valence-corrected chi connectivity index (χ1v) is 7.53. The van der Waals surface area contributed by atoms with E-state index in [1.165, 1.54) is 16.7 Å². The van der Waals surface area contributed by atoms with Gasteiger partial charge in [0.05, 0.1) is 0 Å². The van der Waals surface area contributed by atoms with Crippen molar-refractivity contribution in [1.82, 2.24) is 4.90 Å². The average Bonchev–Trinajstić information content (AvgIpc) is 2.46. The van der Waals surface area contributed by atoms with Crippen molar-refractivity contribution in [3.05, 3.63) is 70.2 Å². The van der Waals surface area contributed by atoms with E-state index >= 15 is 0 Å². The molecule has 0 aromatic heterocycles. The average molecular weight is 322 g/mol. The highest BCUT2D eigenvalue weighted by atomic mass is 35.5. The molecule has 3 heteroatoms. The molecular formula is C18H21Cl2N. The lowest BCUT2D eigenvalue weighted by atomic mass is 9.76. The Kier molecular flexibility index (Phi) is 5.32. The van der Waals surface area contributed by atoms with Crippen molar-refractivity contribution in [2.24, 2.45) is 0 Å². The lowest BCUT2D eigenvalue weighted by molar-refractivity contribution is 0.258. The van der Waals surface area contributed by atoms with E-state index in [1.807, 2.05) is 12.1 Å². The summed E-state index contributed by atoms with van der Waals surface area (Å²) in [6.45, 7) is 0. The molecular weight excluding hydrogens is 301 g/mol. The number of nitrogens with zero attached hydrogens (tertiary/aromatic N) is 1. The van der Waals surface area contributed by atoms with Gasteiger partial charge < -0.3 is 4.90 Å². The molecule has 0 aliphatic heterocycles. The molecule has 2 aromatic rings. The lowest BCUT2D eigenvalue weighted by Crippen LogP contribution is -2.35. The molecule has 0 N–H and O–H groups in total. The molecule has 0 bridgehead atoms. The van der Waals surface area contributed by atoms with Gasteiger partial charge >= 0.3 is 0 Å². The van der Waals surface area contributed by atoms with Crippen LogP contribution < -0.4 is 0 Å². The summed E-state index contributed by atoms with van der Waals surface area (Å²) in [5.74, 6) is 0.404. The van der Waals surface area contributed by atoms with E-state index in [2.05, 4.69) is 55.4 Å². The van der Waals surface area contributed by atoms with E-state index in [0.717, 1.165) is 17.9 Å². The first kappa shape index (κ1) is 16.4. The predicted octanol–water partition coefficient (Wildman–Crippen LogP) is 4.77. The van der Waals surface area contributed by atoms with Crippen LogP contribution in [0.1, 0.15) is 29.0 Å². The van der Waals surface area contributed by atoms with Gasteiger partial charge in [-0.05, 0) is 49.7 Å². The van der Waals surface area contributed by atoms with E-state index in [1.54, 1.807) is 0 Å². The second-order valence-electron chi connectivity index (χ2n) is 5.83. The Morgan fingerprint density at radius 3 is 2.24 bits per heavy atom. The van der Waals surface area contributed by atoms with Gasteiger partial charge in [0.15, 0.2) is 0 Å². The van der Waals surface area contributed by atoms with Crippen LogP contribution in [0.5, 0.6) is 0 Å². The van der Waals surface area contributed by atoms with Gasteiger partial charge in [-0.2, -0.15) is 0 Å². The molecule has 0 fully saturated rings. The van der Waals surface area contributed by atoms with Crippen molar-refractivity contribution < 1.29 is 0 Å². The van der Waals surface area contributed by atoms with E-state index in [9.17, 15) is 0 Å². The molecule has 21 heavy (non-hydrogen) atoms. The van der Waals surface area contributed by atoms with E-state index in [0.29, 0.717) is 12.0 Å². The predicted molar refractivity (Wildman–Crippen MR) is 92.8 cm³/mol. The normalized spacial score (nSPS) is 20.8. The molecule has 0 heterocycles. The van der Waals surface area contributed by atoms with Crippen molar-refractivity contribution in [2.75, 3.05) is 14.1 Å². The summed E-state index contributed by atoms with van der Waals surface area (Å²) in [5, 5.41) is 0.881. The topological polar surface area (TPSA) is 3.24 Å². The summed E-state index contributed by atoms with van der Waals surface area (Å²) in [6, 6.07) is 17.6. The zero-order chi connectivity index (χ0) is 14.1. The zero-order valence-electron chi connectivity index (χ0n) is 12.4. The smallest absolute Gasteiger partial charge is 0.0444 e. The van der Waals surface area contributed by atoms with Crippen LogP contribution in [0, 0.1) is 0 Å². The number of hydrogen-bond donors (Lipinski definition) is 0. The van der Waals surface area contributed by atoms with Crippen LogP contribution in [0.3, 0.4) is 0 Å². The SMILES string of the molecule is CN(C)[C@H]1Cc2ccccc2[C@H](c2ccccc2Cl)C1.Cl. The Balaban J connectivity index is 0.00000161. The van der Waals surface area contributed by atoms with Crippen LogP contribution in [0.25, 0.3) is 0 Å². The molecule has 0 radical (unpaired) electrons. The van der Waals surface area contributed by atoms with Gasteiger partial charge in [-0.15, -0.1) is 12.4 Å². The molecule has 0 saturated heterocycles. The molecule has 2 atom stereocenters. The fourth-order valence-electron chi connectivity index (χ4n) is 3.24. The molecule has 1 nitrogen and oxygen atoms in total. The summed E-state index contributed by atoms with van der Waals surface area (Å²) in [4.78, 5) is 2.33. The second kappa shape index (κ2) is 6.83. The fraction of sp³-hybridized carbons (Fsp3) is 0.333. The first-order valence-electron chi connectivity index (χ1n) is 7.15. The third-order valence-electron chi connectivity index (χ3n) is 4.40. The molecule has 0 saturated carbocycles. The van der Waals surface area contributed by atoms with Crippen LogP contribution >= 0.6 is 24.0 Å². The molecule has 0 spiro atoms. The van der Waals surface area contributed by atoms with Gasteiger partial charge in [0.1, 0.15) is 0 Å². The Labute approximate surface area is 138 Å². The molecule has 112 valence electrons. The molecule has 1 aliphatic rings. The van der Waals surface area contributed by atoms with Crippen LogP contribution in [-0.2, 0) is 6.42 Å². The summed E-state index contributed by atoms with van der Waals surface area (Å²) in [6.07, 6.45) is 2.26. The summed E-state index contributed by atoms with van der Waals surface area (Å²) in [7, 11) is 4.34. The minimum Gasteiger partial charge on any atom is -0.306 e. The number of benzene rings is 2. The summed E-state index contributed by atoms with van der Waals surface area (Å²) >= 11 is 6.44. The number of rotatable bonds is 2. The van der Waals surface area contributed by atoms with Crippen molar-refractivity contribution in [2.45, 2.75) is 24.8 Å². The highest BCUT2D eigenvalue weighted by molar-refractivity contribution is 6.31. The second-order valence-corrected chi connectivity index (χ2v) is 6.24. The monoisotopic (exact) mass is 321 g/mol. The zero-order valence-corrected chi connectivity index (χ0v) is 14.0. The number of hydrogen-bond acceptors (Lipinski definition) is 1. The van der Waals surface area contributed by atoms with Crippen LogP contribution in [0.15, 0.2) is 48.5 Å². The quantitative estimate of drug-likeness (QED) is 0.770. The first-order chi connectivity index (χ1) is 9.66. The van der Waals surface area contributed by atoms with Gasteiger partial charge in [-0.25, -0.2) is 0 Å². The van der Waals surface area contributed by atoms with Crippen molar-refractivity contribution >= 4 is 24.0 Å². The molecule has 0 amide bonds. The number of fused-ring (bicyclic) bond motifs is 1. The van der Waals surface area contributed by atoms with Gasteiger partial charge in [-0.1, -0.05) is 54.1 Å². The Morgan fingerprint density at radius 2 is 1.57 bits per heavy atom. The molecule has 0 unspecified atom stereocenters. The minimum atomic E-state index is 0. The third-order valence-corrected chi connectivity index (χ3v) is 4.75. The largest absolute Gasteiger partial charge is 0.306 e. The van der Waals surface area contributed by atoms with Gasteiger partial charge in [0.25, 0.3) is 0 Å². The van der Waals surface area contributed by atoms with Crippen molar-refractivity contribution in [1.29, 1.82) is 0 Å². The summed E-state index contributed by atoms with van der Waals surface area (Å²) < 4.78 is 0. The van der Waals surface area contributed by atoms with Crippen molar-refractivity contribution in [3.8, 4) is 0 Å². The van der Waals surface area contributed by atoms with Crippen LogP contribution in [-0.4, -0.2) is 25.0 Å². The lowest BCUT2D eigenvalue weighted by Gasteiger charge is -2.35. The maximum absolute atomic E-state index is 6.44. The molecule has 2 aromatic carbocycles. The van der Waals surface area contributed by atoms with Crippen LogP contribution in [0.2, 0.25) is 5.02 Å². The fourth-order valence-corrected chi connectivity index (χ4v) is 3.51. The van der Waals surface area contributed by atoms with E-state index < -0.39 is 0 Å². The highest BCUT2D eigenvalue weighted by Gasteiger charge is 2.29. The highest BCUT2D eigenvalue weighted by Crippen LogP contribution is 2.40. The number of halogens is 2. The van der Waals surface area contributed by atoms with E-state index in [4.69, 9.17) is 11.6 Å². The van der Waals surface area contributed by atoms with E-state index in [-0.39, 0.29) is 12.4 Å². The van der Waals surface area contributed by atoms with Gasteiger partial charge in [0, 0.05) is 17.0 Å². The molecule has 3 rings (SSSR count). The Morgan fingerprint density at radius 1 is 0.952 bits per heavy atom. The molecule has 1 aliphatic carbocycles. The maximum Gasteiger partial charge on any atom is 0.0444 e. The number of likely N-dealkylation sites (N-methyl/N-ethyl adjacent to an activating group) is 1. The van der Waals surface area contributed by atoms with Crippen molar-refractivity contribution in [3.63, 3.8) is 0 Å². The minimum absolute atomic E-state index is 0. The Bertz CT molecular complexity index is 610. The van der Waals surface area contributed by atoms with Gasteiger partial charge in [0.2, 0.25) is 0 Å². The standard InChI is InChI=1S/C18H20ClN.ClH/c1-20(2)14-11-13-7-3-4-8-15(13)17(12-14)16-9-5-6-10-18(16)19;/h3-10,14,17H,11-12H2,1-2H3;1H/t14-,17+;/m0./s1. The van der Waals surface area contributed by atoms with Crippen LogP contribution in [0.4, 0.5) is 0 Å². The van der Waals surface area contributed by atoms with Gasteiger partial charge in [-0.3, -0.25) is 0 Å². The summed E-state index contributed by atoms with van der Waals surface area (Å²) in [5.41, 5.74) is 4.16. The third kappa shape index (κ3) is 3.26.